The first-order chi connectivity index (χ1) is 2.27. The number of nitrogens with one attached hydrogen (secondary N) is 1. The summed E-state index contributed by atoms with van der Waals surface area (Å²) >= 11 is 0. The fraction of sp³-hybridized carbons (Fsp3) is 0.500. The first-order valence-corrected chi connectivity index (χ1v) is 4.27. The summed E-state index contributed by atoms with van der Waals surface area (Å²) in [5.41, 5.74) is 2.26. The van der Waals surface area contributed by atoms with Crippen LogP contribution in [0, 0.1) is 5.41 Å². The Morgan fingerprint density at radius 3 is 2.20 bits per heavy atom. The van der Waals surface area contributed by atoms with E-state index in [4.69, 9.17) is 5.41 Å². The summed E-state index contributed by atoms with van der Waals surface area (Å²) < 4.78 is 0. The summed E-state index contributed by atoms with van der Waals surface area (Å²) in [6, 6.07) is 0. The van der Waals surface area contributed by atoms with Gasteiger partial charge in [-0.1, -0.05) is 0 Å². The number of hydrogen-bond acceptors (Lipinski definition) is 1. The second-order valence-corrected chi connectivity index (χ2v) is 4.02. The molecule has 5 heavy (non-hydrogen) atoms. The molecule has 1 unspecified atom stereocenters. The van der Waals surface area contributed by atoms with Gasteiger partial charge in [0.05, 0.1) is 6.66 Å². The highest BCUT2D eigenvalue weighted by atomic mass is 32.0. The topological polar surface area (TPSA) is 23.9 Å². The minimum atomic E-state index is -0.376. The van der Waals surface area contributed by atoms with Gasteiger partial charge in [-0.25, -0.2) is 5.41 Å². The summed E-state index contributed by atoms with van der Waals surface area (Å²) in [5, 5.41) is 6.39. The highest BCUT2D eigenvalue weighted by Gasteiger charge is 1.61. The molecule has 0 aromatic rings. The van der Waals surface area contributed by atoms with E-state index >= 15 is 0 Å². The van der Waals surface area contributed by atoms with Crippen LogP contribution in [0.15, 0.2) is 0 Å². The molecule has 0 radical (unpaired) electrons. The summed E-state index contributed by atoms with van der Waals surface area (Å²) in [6.07, 6.45) is 0. The van der Waals surface area contributed by atoms with E-state index in [1.807, 2.05) is 6.66 Å². The molecule has 0 amide bonds. The van der Waals surface area contributed by atoms with Crippen LogP contribution in [0.1, 0.15) is 0 Å². The smallest absolute Gasteiger partial charge is 0.155 e. The van der Waals surface area contributed by atoms with E-state index in [1.165, 1.54) is 0 Å². The molecule has 0 spiro atoms. The maximum atomic E-state index is 6.39. The van der Waals surface area contributed by atoms with Crippen molar-refractivity contribution in [3.05, 3.63) is 0 Å². The van der Waals surface area contributed by atoms with Crippen molar-refractivity contribution in [1.29, 1.82) is 5.41 Å². The van der Waals surface area contributed by atoms with Crippen LogP contribution in [-0.2, 0) is 0 Å². The molecule has 0 saturated carbocycles. The minimum Gasteiger partial charge on any atom is -0.272 e. The Morgan fingerprint density at radius 2 is 2.20 bits per heavy atom. The third kappa shape index (κ3) is 4.31. The highest BCUT2D eigenvalue weighted by Crippen LogP contribution is 2.23. The molecule has 0 heterocycles. The molecule has 0 rings (SSSR count). The van der Waals surface area contributed by atoms with Crippen LogP contribution in [-0.4, -0.2) is 12.3 Å². The van der Waals surface area contributed by atoms with Crippen molar-refractivity contribution in [3.63, 3.8) is 0 Å². The molecule has 1 N–H and O–H groups in total. The first-order valence-electron chi connectivity index (χ1n) is 1.14. The number of rotatable bonds is 0. The van der Waals surface area contributed by atoms with E-state index in [0.717, 1.165) is 0 Å². The van der Waals surface area contributed by atoms with Crippen molar-refractivity contribution in [2.75, 3.05) is 6.66 Å². The molecular formula is C2H5NP2. The van der Waals surface area contributed by atoms with Gasteiger partial charge in [-0.3, -0.25) is 8.93 Å². The van der Waals surface area contributed by atoms with Crippen molar-refractivity contribution >= 4 is 21.8 Å². The molecule has 0 aliphatic carbocycles. The molecule has 0 fully saturated rings. The lowest BCUT2D eigenvalue weighted by Crippen LogP contribution is -1.29. The molecule has 0 aliphatic rings. The van der Waals surface area contributed by atoms with Gasteiger partial charge in [-0.15, -0.1) is 0 Å². The van der Waals surface area contributed by atoms with Crippen LogP contribution in [0.4, 0.5) is 0 Å². The van der Waals surface area contributed by atoms with Crippen LogP contribution >= 0.6 is 16.2 Å². The molecule has 28 valence electrons. The third-order valence-electron chi connectivity index (χ3n) is 0.168. The Morgan fingerprint density at radius 1 is 2.00 bits per heavy atom. The Labute approximate surface area is 34.8 Å². The third-order valence-corrected chi connectivity index (χ3v) is 0.839. The van der Waals surface area contributed by atoms with Crippen LogP contribution < -0.4 is 0 Å². The fourth-order valence-electron chi connectivity index (χ4n) is 0. The van der Waals surface area contributed by atoms with Gasteiger partial charge in [-0.05, 0) is 7.23 Å². The van der Waals surface area contributed by atoms with Crippen molar-refractivity contribution in [1.82, 2.24) is 0 Å². The monoisotopic (exact) mass is 105 g/mol. The second kappa shape index (κ2) is 2.54. The van der Waals surface area contributed by atoms with Crippen LogP contribution in [0.5, 0.6) is 0 Å². The summed E-state index contributed by atoms with van der Waals surface area (Å²) in [6.45, 7) is 1.90. The lowest BCUT2D eigenvalue weighted by Gasteiger charge is -1.65. The Balaban J connectivity index is 3.60. The van der Waals surface area contributed by atoms with Crippen molar-refractivity contribution in [2.45, 2.75) is 0 Å². The standard InChI is InChI=1S/C2H5NP2/c1-5(4)2-3/h3-4H,1H3. The van der Waals surface area contributed by atoms with Gasteiger partial charge in [0, 0.05) is 0 Å². The molecule has 0 aliphatic heterocycles. The molecular weight excluding hydrogens is 100.0 g/mol. The molecule has 0 bridgehead atoms. The fourth-order valence-corrected chi connectivity index (χ4v) is 0. The second-order valence-electron chi connectivity index (χ2n) is 0.671. The summed E-state index contributed by atoms with van der Waals surface area (Å²) in [7, 11) is 2.81. The van der Waals surface area contributed by atoms with Crippen LogP contribution in [0.2, 0.25) is 0 Å². The van der Waals surface area contributed by atoms with E-state index in [9.17, 15) is 0 Å². The molecule has 0 aromatic heterocycles. The van der Waals surface area contributed by atoms with Gasteiger partial charge in [-0.2, -0.15) is 0 Å². The van der Waals surface area contributed by atoms with E-state index in [-0.39, 0.29) is 7.23 Å². The van der Waals surface area contributed by atoms with Crippen LogP contribution in [0.25, 0.3) is 0 Å². The average molecular weight is 105 g/mol. The lowest BCUT2D eigenvalue weighted by atomic mass is 11.8. The van der Waals surface area contributed by atoms with Crippen molar-refractivity contribution < 1.29 is 0 Å². The predicted octanol–water partition coefficient (Wildman–Crippen LogP) is 1.64. The predicted molar refractivity (Wildman–Crippen MR) is 28.9 cm³/mol. The van der Waals surface area contributed by atoms with E-state index in [1.54, 1.807) is 0 Å². The summed E-state index contributed by atoms with van der Waals surface area (Å²) in [5.74, 6) is 0. The van der Waals surface area contributed by atoms with Crippen molar-refractivity contribution in [3.8, 4) is 0 Å². The first kappa shape index (κ1) is 5.31. The zero-order valence-electron chi connectivity index (χ0n) is 2.95. The Kier molecular flexibility index (Phi) is 2.70. The van der Waals surface area contributed by atoms with Gasteiger partial charge in [0.15, 0.2) is 5.59 Å². The summed E-state index contributed by atoms with van der Waals surface area (Å²) in [4.78, 5) is 0. The molecule has 3 heteroatoms. The van der Waals surface area contributed by atoms with E-state index in [2.05, 4.69) is 14.5 Å². The van der Waals surface area contributed by atoms with E-state index in [0.29, 0.717) is 0 Å². The zero-order chi connectivity index (χ0) is 4.28. The number of hydrogen-bond donors (Lipinski definition) is 1. The lowest BCUT2D eigenvalue weighted by molar-refractivity contribution is 1.60. The van der Waals surface area contributed by atoms with Gasteiger partial charge in [0.25, 0.3) is 0 Å². The molecule has 0 aromatic carbocycles. The van der Waals surface area contributed by atoms with E-state index < -0.39 is 0 Å². The SMILES string of the molecule is C[P+]([PH-])=C=N. The molecule has 0 saturated heterocycles. The molecule has 1 nitrogen and oxygen atoms in total. The zero-order valence-corrected chi connectivity index (χ0v) is 4.84. The quantitative estimate of drug-likeness (QED) is 0.357. The minimum absolute atomic E-state index is 0.376. The normalized spacial score (nSPS) is 9.60. The van der Waals surface area contributed by atoms with Gasteiger partial charge in [0.2, 0.25) is 0 Å². The Hall–Kier alpha value is 0.310. The average Bonchev–Trinajstić information content (AvgIpc) is 1.38. The van der Waals surface area contributed by atoms with Gasteiger partial charge in [0.1, 0.15) is 0 Å². The van der Waals surface area contributed by atoms with Gasteiger partial charge >= 0.3 is 0 Å². The van der Waals surface area contributed by atoms with Gasteiger partial charge < -0.3 is 0 Å². The maximum Gasteiger partial charge on any atom is 0.155 e. The highest BCUT2D eigenvalue weighted by molar-refractivity contribution is 8.11. The largest absolute Gasteiger partial charge is 0.272 e. The Bertz CT molecular complexity index is 67.7. The van der Waals surface area contributed by atoms with Crippen molar-refractivity contribution in [2.24, 2.45) is 0 Å². The van der Waals surface area contributed by atoms with Crippen LogP contribution in [0.3, 0.4) is 0 Å². The maximum absolute atomic E-state index is 6.39. The molecule has 1 atom stereocenters.